The van der Waals surface area contributed by atoms with Crippen molar-refractivity contribution in [3.05, 3.63) is 0 Å². The quantitative estimate of drug-likeness (QED) is 0.689. The molecule has 1 nitrogen and oxygen atoms in total. The van der Waals surface area contributed by atoms with E-state index < -0.39 is 0 Å². The molecule has 3 unspecified atom stereocenters. The van der Waals surface area contributed by atoms with E-state index in [4.69, 9.17) is 0 Å². The summed E-state index contributed by atoms with van der Waals surface area (Å²) in [5.41, 5.74) is 0.715. The zero-order valence-corrected chi connectivity index (χ0v) is 12.2. The molecule has 2 bridgehead atoms. The Morgan fingerprint density at radius 1 is 1.11 bits per heavy atom. The maximum absolute atomic E-state index is 3.78. The second-order valence-electron chi connectivity index (χ2n) is 7.47. The molecular weight excluding hydrogens is 218 g/mol. The van der Waals surface area contributed by atoms with Gasteiger partial charge in [-0.25, -0.2) is 0 Å². The van der Waals surface area contributed by atoms with Crippen molar-refractivity contribution >= 4 is 0 Å². The van der Waals surface area contributed by atoms with E-state index in [-0.39, 0.29) is 0 Å². The lowest BCUT2D eigenvalue weighted by atomic mass is 9.67. The Hall–Kier alpha value is -0.0400. The Labute approximate surface area is 113 Å². The molecule has 3 aliphatic carbocycles. The van der Waals surface area contributed by atoms with Crippen LogP contribution in [0.2, 0.25) is 0 Å². The van der Waals surface area contributed by atoms with E-state index in [1.54, 1.807) is 32.1 Å². The molecule has 0 heterocycles. The van der Waals surface area contributed by atoms with Crippen molar-refractivity contribution in [2.45, 2.75) is 71.1 Å². The summed E-state index contributed by atoms with van der Waals surface area (Å²) in [7, 11) is 0. The van der Waals surface area contributed by atoms with Gasteiger partial charge in [0, 0.05) is 6.54 Å². The van der Waals surface area contributed by atoms with Crippen molar-refractivity contribution in [2.75, 3.05) is 13.1 Å². The Kier molecular flexibility index (Phi) is 3.98. The smallest absolute Gasteiger partial charge is 0.00107 e. The molecule has 0 spiro atoms. The van der Waals surface area contributed by atoms with Crippen LogP contribution in [0.4, 0.5) is 0 Å². The molecule has 3 atom stereocenters. The first-order valence-corrected chi connectivity index (χ1v) is 8.53. The lowest BCUT2D eigenvalue weighted by Crippen LogP contribution is -2.40. The van der Waals surface area contributed by atoms with E-state index in [9.17, 15) is 0 Å². The summed E-state index contributed by atoms with van der Waals surface area (Å²) in [6.07, 6.45) is 15.2. The molecule has 3 fully saturated rings. The van der Waals surface area contributed by atoms with Gasteiger partial charge in [-0.15, -0.1) is 0 Å². The molecule has 1 heteroatoms. The maximum atomic E-state index is 3.78. The molecule has 1 N–H and O–H groups in total. The molecular formula is C17H31N. The number of hydrogen-bond donors (Lipinski definition) is 1. The van der Waals surface area contributed by atoms with Gasteiger partial charge < -0.3 is 5.32 Å². The first-order valence-electron chi connectivity index (χ1n) is 8.53. The second-order valence-corrected chi connectivity index (χ2v) is 7.47. The predicted octanol–water partition coefficient (Wildman–Crippen LogP) is 4.37. The van der Waals surface area contributed by atoms with E-state index in [1.807, 2.05) is 0 Å². The van der Waals surface area contributed by atoms with Gasteiger partial charge in [-0.05, 0) is 61.8 Å². The maximum Gasteiger partial charge on any atom is 0.00107 e. The third-order valence-corrected chi connectivity index (χ3v) is 6.18. The minimum atomic E-state index is 0.715. The fraction of sp³-hybridized carbons (Fsp3) is 1.00. The highest BCUT2D eigenvalue weighted by atomic mass is 14.9. The summed E-state index contributed by atoms with van der Waals surface area (Å²) in [5, 5.41) is 3.78. The van der Waals surface area contributed by atoms with Crippen LogP contribution in [0.15, 0.2) is 0 Å². The first kappa shape index (κ1) is 13.0. The average Bonchev–Trinajstić information content (AvgIpc) is 3.06. The van der Waals surface area contributed by atoms with Crippen LogP contribution in [0.3, 0.4) is 0 Å². The van der Waals surface area contributed by atoms with Gasteiger partial charge >= 0.3 is 0 Å². The van der Waals surface area contributed by atoms with Crippen LogP contribution < -0.4 is 5.32 Å². The SMILES string of the molecule is CCCNCC1(CC2CCCC2)CC2CCC1C2. The van der Waals surface area contributed by atoms with E-state index in [0.29, 0.717) is 5.41 Å². The Balaban J connectivity index is 1.63. The summed E-state index contributed by atoms with van der Waals surface area (Å²) < 4.78 is 0. The molecule has 0 amide bonds. The van der Waals surface area contributed by atoms with E-state index in [1.165, 1.54) is 45.2 Å². The third kappa shape index (κ3) is 2.48. The van der Waals surface area contributed by atoms with Gasteiger partial charge in [0.2, 0.25) is 0 Å². The van der Waals surface area contributed by atoms with Crippen LogP contribution in [0, 0.1) is 23.2 Å². The molecule has 3 aliphatic rings. The van der Waals surface area contributed by atoms with Crippen LogP contribution in [0.5, 0.6) is 0 Å². The van der Waals surface area contributed by atoms with Crippen molar-refractivity contribution in [3.8, 4) is 0 Å². The number of hydrogen-bond acceptors (Lipinski definition) is 1. The monoisotopic (exact) mass is 249 g/mol. The molecule has 3 rings (SSSR count). The van der Waals surface area contributed by atoms with E-state index in [2.05, 4.69) is 12.2 Å². The number of rotatable bonds is 6. The molecule has 0 saturated heterocycles. The fourth-order valence-corrected chi connectivity index (χ4v) is 5.40. The van der Waals surface area contributed by atoms with Crippen LogP contribution in [-0.4, -0.2) is 13.1 Å². The van der Waals surface area contributed by atoms with Gasteiger partial charge in [0.25, 0.3) is 0 Å². The van der Waals surface area contributed by atoms with Gasteiger partial charge in [0.1, 0.15) is 0 Å². The Morgan fingerprint density at radius 3 is 2.56 bits per heavy atom. The van der Waals surface area contributed by atoms with Gasteiger partial charge in [0.05, 0.1) is 0 Å². The van der Waals surface area contributed by atoms with Crippen molar-refractivity contribution in [3.63, 3.8) is 0 Å². The summed E-state index contributed by atoms with van der Waals surface area (Å²) in [4.78, 5) is 0. The largest absolute Gasteiger partial charge is 0.316 e. The molecule has 3 saturated carbocycles. The molecule has 104 valence electrons. The minimum absolute atomic E-state index is 0.715. The molecule has 0 radical (unpaired) electrons. The van der Waals surface area contributed by atoms with E-state index >= 15 is 0 Å². The Bertz CT molecular complexity index is 269. The highest BCUT2D eigenvalue weighted by molar-refractivity contribution is 5.02. The third-order valence-electron chi connectivity index (χ3n) is 6.18. The Morgan fingerprint density at radius 2 is 1.94 bits per heavy atom. The number of fused-ring (bicyclic) bond motifs is 2. The van der Waals surface area contributed by atoms with Gasteiger partial charge in [-0.3, -0.25) is 0 Å². The predicted molar refractivity (Wildman–Crippen MR) is 77.6 cm³/mol. The molecule has 18 heavy (non-hydrogen) atoms. The van der Waals surface area contributed by atoms with Crippen molar-refractivity contribution in [2.24, 2.45) is 23.2 Å². The normalized spacial score (nSPS) is 39.8. The van der Waals surface area contributed by atoms with Crippen molar-refractivity contribution < 1.29 is 0 Å². The molecule has 0 aromatic carbocycles. The average molecular weight is 249 g/mol. The summed E-state index contributed by atoms with van der Waals surface area (Å²) in [6.45, 7) is 4.85. The van der Waals surface area contributed by atoms with Crippen molar-refractivity contribution in [1.82, 2.24) is 5.32 Å². The molecule has 0 aliphatic heterocycles. The topological polar surface area (TPSA) is 12.0 Å². The summed E-state index contributed by atoms with van der Waals surface area (Å²) >= 11 is 0. The lowest BCUT2D eigenvalue weighted by molar-refractivity contribution is 0.117. The molecule has 0 aromatic heterocycles. The van der Waals surface area contributed by atoms with Crippen LogP contribution in [-0.2, 0) is 0 Å². The van der Waals surface area contributed by atoms with Gasteiger partial charge in [0.15, 0.2) is 0 Å². The number of nitrogens with one attached hydrogen (secondary N) is 1. The van der Waals surface area contributed by atoms with Gasteiger partial charge in [-0.2, -0.15) is 0 Å². The second kappa shape index (κ2) is 5.53. The zero-order valence-electron chi connectivity index (χ0n) is 12.2. The summed E-state index contributed by atoms with van der Waals surface area (Å²) in [6, 6.07) is 0. The first-order chi connectivity index (χ1) is 8.82. The van der Waals surface area contributed by atoms with Gasteiger partial charge in [-0.1, -0.05) is 39.0 Å². The summed E-state index contributed by atoms with van der Waals surface area (Å²) in [5.74, 6) is 3.25. The van der Waals surface area contributed by atoms with Crippen molar-refractivity contribution in [1.29, 1.82) is 0 Å². The van der Waals surface area contributed by atoms with E-state index in [0.717, 1.165) is 17.8 Å². The van der Waals surface area contributed by atoms with Crippen LogP contribution in [0.25, 0.3) is 0 Å². The highest BCUT2D eigenvalue weighted by Crippen LogP contribution is 2.59. The standard InChI is InChI=1S/C17H31N/c1-2-9-18-13-17(11-14-5-3-4-6-14)12-15-7-8-16(17)10-15/h14-16,18H,2-13H2,1H3. The highest BCUT2D eigenvalue weighted by Gasteiger charge is 2.51. The van der Waals surface area contributed by atoms with Crippen LogP contribution >= 0.6 is 0 Å². The minimum Gasteiger partial charge on any atom is -0.316 e. The zero-order chi connectivity index (χ0) is 12.4. The molecule has 0 aromatic rings. The fourth-order valence-electron chi connectivity index (χ4n) is 5.40. The van der Waals surface area contributed by atoms with Crippen LogP contribution in [0.1, 0.15) is 71.1 Å². The lowest BCUT2D eigenvalue weighted by Gasteiger charge is -2.40.